The lowest BCUT2D eigenvalue weighted by atomic mass is 10.1. The van der Waals surface area contributed by atoms with Gasteiger partial charge in [0.1, 0.15) is 0 Å². The van der Waals surface area contributed by atoms with Gasteiger partial charge < -0.3 is 5.32 Å². The van der Waals surface area contributed by atoms with Gasteiger partial charge in [-0.1, -0.05) is 48.0 Å². The monoisotopic (exact) mass is 375 g/mol. The van der Waals surface area contributed by atoms with E-state index in [2.05, 4.69) is 10.4 Å². The summed E-state index contributed by atoms with van der Waals surface area (Å²) < 4.78 is 1.43. The molecule has 0 unspecified atom stereocenters. The maximum absolute atomic E-state index is 12.3. The van der Waals surface area contributed by atoms with Crippen molar-refractivity contribution in [2.24, 2.45) is 0 Å². The number of nitrogens with zero attached hydrogens (tertiary/aromatic N) is 2. The molecule has 1 amide bonds. The molecule has 0 aliphatic rings. The highest BCUT2D eigenvalue weighted by Gasteiger charge is 2.08. The van der Waals surface area contributed by atoms with Crippen molar-refractivity contribution in [3.05, 3.63) is 81.6 Å². The van der Waals surface area contributed by atoms with Gasteiger partial charge in [-0.25, -0.2) is 4.68 Å². The molecule has 2 aromatic carbocycles. The average molecular weight is 375 g/mol. The van der Waals surface area contributed by atoms with Crippen LogP contribution in [0.3, 0.4) is 0 Å². The highest BCUT2D eigenvalue weighted by Crippen LogP contribution is 2.20. The maximum Gasteiger partial charge on any atom is 0.266 e. The van der Waals surface area contributed by atoms with Crippen LogP contribution in [0.25, 0.3) is 11.3 Å². The lowest BCUT2D eigenvalue weighted by Gasteiger charge is -2.11. The fraction of sp³-hybridized carbons (Fsp3) is 0.261. The van der Waals surface area contributed by atoms with Crippen LogP contribution in [0.1, 0.15) is 29.5 Å². The molecule has 1 N–H and O–H groups in total. The smallest absolute Gasteiger partial charge is 0.266 e. The first-order chi connectivity index (χ1) is 13.4. The fourth-order valence-corrected chi connectivity index (χ4v) is 3.09. The van der Waals surface area contributed by atoms with Crippen molar-refractivity contribution in [3.8, 4) is 11.3 Å². The van der Waals surface area contributed by atoms with Crippen molar-refractivity contribution in [3.63, 3.8) is 0 Å². The van der Waals surface area contributed by atoms with Gasteiger partial charge in [0, 0.05) is 30.3 Å². The summed E-state index contributed by atoms with van der Waals surface area (Å²) >= 11 is 0. The Bertz CT molecular complexity index is 1020. The molecule has 0 spiro atoms. The largest absolute Gasteiger partial charge is 0.326 e. The van der Waals surface area contributed by atoms with E-state index < -0.39 is 0 Å². The Morgan fingerprint density at radius 1 is 0.964 bits per heavy atom. The quantitative estimate of drug-likeness (QED) is 0.700. The zero-order valence-corrected chi connectivity index (χ0v) is 16.5. The molecular formula is C23H25N3O2. The Morgan fingerprint density at radius 3 is 2.32 bits per heavy atom. The lowest BCUT2D eigenvalue weighted by Crippen LogP contribution is -2.23. The second-order valence-electron chi connectivity index (χ2n) is 7.06. The van der Waals surface area contributed by atoms with E-state index in [1.54, 1.807) is 6.07 Å². The molecule has 0 radical (unpaired) electrons. The standard InChI is InChI=1S/C23H25N3O2/c1-16-9-11-19(12-10-16)20-13-14-22(28)26(25-20)15-5-8-21(27)24-23-17(2)6-4-7-18(23)3/h4,6-7,9-14H,5,8,15H2,1-3H3,(H,24,27). The van der Waals surface area contributed by atoms with Gasteiger partial charge >= 0.3 is 0 Å². The van der Waals surface area contributed by atoms with Crippen LogP contribution in [0.15, 0.2) is 59.4 Å². The number of para-hydroxylation sites is 1. The number of hydrogen-bond donors (Lipinski definition) is 1. The molecule has 5 heteroatoms. The number of amides is 1. The summed E-state index contributed by atoms with van der Waals surface area (Å²) in [5, 5.41) is 7.43. The van der Waals surface area contributed by atoms with Gasteiger partial charge in [0.15, 0.2) is 0 Å². The first-order valence-electron chi connectivity index (χ1n) is 9.45. The summed E-state index contributed by atoms with van der Waals surface area (Å²) in [6.45, 7) is 6.38. The van der Waals surface area contributed by atoms with Crippen molar-refractivity contribution >= 4 is 11.6 Å². The molecule has 5 nitrogen and oxygen atoms in total. The van der Waals surface area contributed by atoms with Gasteiger partial charge in [-0.2, -0.15) is 5.10 Å². The zero-order valence-electron chi connectivity index (χ0n) is 16.5. The third kappa shape index (κ3) is 4.74. The molecule has 1 heterocycles. The second kappa shape index (κ2) is 8.65. The van der Waals surface area contributed by atoms with E-state index in [0.29, 0.717) is 19.4 Å². The van der Waals surface area contributed by atoms with E-state index >= 15 is 0 Å². The van der Waals surface area contributed by atoms with Crippen LogP contribution in [0.2, 0.25) is 0 Å². The Morgan fingerprint density at radius 2 is 1.64 bits per heavy atom. The Balaban J connectivity index is 1.63. The van der Waals surface area contributed by atoms with E-state index in [-0.39, 0.29) is 11.5 Å². The predicted octanol–water partition coefficient (Wildman–Crippen LogP) is 4.25. The predicted molar refractivity (Wildman–Crippen MR) is 112 cm³/mol. The van der Waals surface area contributed by atoms with Crippen molar-refractivity contribution in [2.45, 2.75) is 40.2 Å². The third-order valence-corrected chi connectivity index (χ3v) is 4.73. The number of anilines is 1. The molecule has 144 valence electrons. The van der Waals surface area contributed by atoms with E-state index in [4.69, 9.17) is 0 Å². The van der Waals surface area contributed by atoms with E-state index in [9.17, 15) is 9.59 Å². The molecule has 0 saturated heterocycles. The SMILES string of the molecule is Cc1ccc(-c2ccc(=O)n(CCCC(=O)Nc3c(C)cccc3C)n2)cc1. The topological polar surface area (TPSA) is 64.0 Å². The van der Waals surface area contributed by atoms with Crippen molar-refractivity contribution < 1.29 is 4.79 Å². The van der Waals surface area contributed by atoms with Crippen LogP contribution >= 0.6 is 0 Å². The summed E-state index contributed by atoms with van der Waals surface area (Å²) in [5.74, 6) is -0.0554. The van der Waals surface area contributed by atoms with Crippen LogP contribution in [0.5, 0.6) is 0 Å². The third-order valence-electron chi connectivity index (χ3n) is 4.73. The van der Waals surface area contributed by atoms with E-state index in [1.165, 1.54) is 16.3 Å². The van der Waals surface area contributed by atoms with Crippen LogP contribution < -0.4 is 10.9 Å². The molecular weight excluding hydrogens is 350 g/mol. The second-order valence-corrected chi connectivity index (χ2v) is 7.06. The molecule has 0 saturated carbocycles. The van der Waals surface area contributed by atoms with Gasteiger partial charge in [0.05, 0.1) is 5.69 Å². The number of hydrogen-bond acceptors (Lipinski definition) is 3. The average Bonchev–Trinajstić information content (AvgIpc) is 2.67. The highest BCUT2D eigenvalue weighted by molar-refractivity contribution is 5.92. The summed E-state index contributed by atoms with van der Waals surface area (Å²) in [6.07, 6.45) is 0.873. The van der Waals surface area contributed by atoms with E-state index in [0.717, 1.165) is 28.1 Å². The molecule has 0 aliphatic heterocycles. The molecule has 0 atom stereocenters. The minimum atomic E-state index is -0.161. The first-order valence-corrected chi connectivity index (χ1v) is 9.45. The Kier molecular flexibility index (Phi) is 6.04. The molecule has 1 aromatic heterocycles. The summed E-state index contributed by atoms with van der Waals surface area (Å²) in [5.41, 5.74) is 5.67. The number of carbonyl (C=O) groups is 1. The first kappa shape index (κ1) is 19.5. The summed E-state index contributed by atoms with van der Waals surface area (Å²) in [6, 6.07) is 17.2. The maximum atomic E-state index is 12.3. The normalized spacial score (nSPS) is 10.7. The zero-order chi connectivity index (χ0) is 20.1. The number of aryl methyl sites for hydroxylation is 4. The number of aromatic nitrogens is 2. The van der Waals surface area contributed by atoms with Gasteiger partial charge in [0.25, 0.3) is 5.56 Å². The molecule has 0 fully saturated rings. The minimum Gasteiger partial charge on any atom is -0.326 e. The van der Waals surface area contributed by atoms with Gasteiger partial charge in [0.2, 0.25) is 5.91 Å². The van der Waals surface area contributed by atoms with Gasteiger partial charge in [-0.3, -0.25) is 9.59 Å². The van der Waals surface area contributed by atoms with Crippen molar-refractivity contribution in [2.75, 3.05) is 5.32 Å². The molecule has 28 heavy (non-hydrogen) atoms. The highest BCUT2D eigenvalue weighted by atomic mass is 16.1. The van der Waals surface area contributed by atoms with E-state index in [1.807, 2.05) is 63.2 Å². The van der Waals surface area contributed by atoms with Crippen molar-refractivity contribution in [1.29, 1.82) is 0 Å². The van der Waals surface area contributed by atoms with Crippen molar-refractivity contribution in [1.82, 2.24) is 9.78 Å². The number of nitrogens with one attached hydrogen (secondary N) is 1. The fourth-order valence-electron chi connectivity index (χ4n) is 3.09. The number of carbonyl (C=O) groups excluding carboxylic acids is 1. The Hall–Kier alpha value is -3.21. The molecule has 3 rings (SSSR count). The Labute approximate surface area is 165 Å². The van der Waals surface area contributed by atoms with Crippen LogP contribution in [0, 0.1) is 20.8 Å². The summed E-state index contributed by atoms with van der Waals surface area (Å²) in [4.78, 5) is 24.4. The number of benzene rings is 2. The van der Waals surface area contributed by atoms with Gasteiger partial charge in [-0.05, 0) is 44.4 Å². The van der Waals surface area contributed by atoms with Crippen LogP contribution in [-0.2, 0) is 11.3 Å². The van der Waals surface area contributed by atoms with Crippen LogP contribution in [-0.4, -0.2) is 15.7 Å². The lowest BCUT2D eigenvalue weighted by molar-refractivity contribution is -0.116. The molecule has 0 aliphatic carbocycles. The molecule has 3 aromatic rings. The van der Waals surface area contributed by atoms with Crippen LogP contribution in [0.4, 0.5) is 5.69 Å². The van der Waals surface area contributed by atoms with Gasteiger partial charge in [-0.15, -0.1) is 0 Å². The number of rotatable bonds is 6. The minimum absolute atomic E-state index is 0.0554. The molecule has 0 bridgehead atoms. The summed E-state index contributed by atoms with van der Waals surface area (Å²) in [7, 11) is 0.